The highest BCUT2D eigenvalue weighted by atomic mass is 19.4. The Labute approximate surface area is 441 Å². The molecule has 78 heavy (non-hydrogen) atoms. The zero-order chi connectivity index (χ0) is 57.3. The van der Waals surface area contributed by atoms with E-state index >= 15 is 0 Å². The maximum absolute atomic E-state index is 13.4. The van der Waals surface area contributed by atoms with E-state index in [9.17, 15) is 71.9 Å². The van der Waals surface area contributed by atoms with Gasteiger partial charge in [-0.25, -0.2) is 9.59 Å². The van der Waals surface area contributed by atoms with Crippen LogP contribution in [0, 0.1) is 0 Å². The van der Waals surface area contributed by atoms with Crippen LogP contribution in [0.25, 0.3) is 0 Å². The molecule has 6 atom stereocenters. The van der Waals surface area contributed by atoms with Gasteiger partial charge in [-0.05, 0) is 111 Å². The zero-order valence-electron chi connectivity index (χ0n) is 42.8. The summed E-state index contributed by atoms with van der Waals surface area (Å²) in [5.41, 5.74) is -8.72. The molecule has 4 aromatic carbocycles. The first-order chi connectivity index (χ1) is 36.4. The summed E-state index contributed by atoms with van der Waals surface area (Å²) in [7, 11) is 0. The van der Waals surface area contributed by atoms with Gasteiger partial charge in [0.2, 0.25) is 0 Å². The van der Waals surface area contributed by atoms with Gasteiger partial charge in [-0.15, -0.1) is 0 Å². The molecule has 4 aromatic rings. The highest BCUT2D eigenvalue weighted by Crippen LogP contribution is 2.43. The molecule has 424 valence electrons. The van der Waals surface area contributed by atoms with E-state index < -0.39 is 93.4 Å². The van der Waals surface area contributed by atoms with Gasteiger partial charge in [0.25, 0.3) is 11.8 Å². The smallest absolute Gasteiger partial charge is 0.372 e. The molecule has 4 heterocycles. The number of alkyl halides is 12. The number of hydrogen-bond donors (Lipinski definition) is 4. The Morgan fingerprint density at radius 3 is 1.05 bits per heavy atom. The van der Waals surface area contributed by atoms with Gasteiger partial charge in [0.05, 0.1) is 58.8 Å². The predicted octanol–water partition coefficient (Wildman–Crippen LogP) is 11.6. The van der Waals surface area contributed by atoms with E-state index in [1.807, 2.05) is 38.1 Å². The molecule has 0 unspecified atom stereocenters. The molecule has 0 saturated carbocycles. The lowest BCUT2D eigenvalue weighted by Crippen LogP contribution is -2.64. The van der Waals surface area contributed by atoms with Crippen LogP contribution in [-0.4, -0.2) is 84.1 Å². The molecule has 4 aliphatic heterocycles. The number of nitrogens with one attached hydrogen (secondary N) is 4. The number of ether oxygens (including phenoxy) is 2. The van der Waals surface area contributed by atoms with Crippen molar-refractivity contribution >= 4 is 23.9 Å². The number of piperidine rings is 2. The lowest BCUT2D eigenvalue weighted by molar-refractivity contribution is -0.145. The van der Waals surface area contributed by atoms with Crippen LogP contribution in [-0.2, 0) is 54.8 Å². The van der Waals surface area contributed by atoms with Crippen LogP contribution < -0.4 is 21.3 Å². The average Bonchev–Trinajstić information content (AvgIpc) is 3.77. The average molecular weight is 1120 g/mol. The number of carbonyl (C=O) groups is 4. The Morgan fingerprint density at radius 2 is 0.795 bits per heavy atom. The van der Waals surface area contributed by atoms with E-state index in [1.54, 1.807) is 36.4 Å². The maximum Gasteiger partial charge on any atom is 0.416 e. The number of halogens is 12. The topological polar surface area (TPSA) is 141 Å². The molecule has 4 N–H and O–H groups in total. The number of urea groups is 2. The van der Waals surface area contributed by atoms with E-state index in [2.05, 4.69) is 21.3 Å². The predicted molar refractivity (Wildman–Crippen MR) is 259 cm³/mol. The molecule has 4 saturated heterocycles. The summed E-state index contributed by atoms with van der Waals surface area (Å²) in [6.07, 6.45) is -19.7. The number of hydrogen-bond acceptors (Lipinski definition) is 8. The Hall–Kier alpha value is -6.24. The maximum atomic E-state index is 13.4. The molecule has 8 rings (SSSR count). The molecule has 6 amide bonds. The van der Waals surface area contributed by atoms with Gasteiger partial charge in [-0.3, -0.25) is 19.4 Å². The summed E-state index contributed by atoms with van der Waals surface area (Å²) in [4.78, 5) is 53.4. The minimum atomic E-state index is -4.97. The Kier molecular flexibility index (Phi) is 17.1. The Morgan fingerprint density at radius 1 is 0.487 bits per heavy atom. The second kappa shape index (κ2) is 22.5. The first-order valence-corrected chi connectivity index (χ1v) is 25.1. The second-order valence-electron chi connectivity index (χ2n) is 20.1. The van der Waals surface area contributed by atoms with Crippen molar-refractivity contribution in [1.29, 1.82) is 0 Å². The van der Waals surface area contributed by atoms with Gasteiger partial charge >= 0.3 is 36.8 Å². The summed E-state index contributed by atoms with van der Waals surface area (Å²) in [6.45, 7) is 7.00. The van der Waals surface area contributed by atoms with E-state index in [0.717, 1.165) is 11.1 Å². The summed E-state index contributed by atoms with van der Waals surface area (Å²) in [5, 5.41) is 12.2. The highest BCUT2D eigenvalue weighted by Gasteiger charge is 2.57. The zero-order valence-corrected chi connectivity index (χ0v) is 42.8. The van der Waals surface area contributed by atoms with Crippen LogP contribution in [0.3, 0.4) is 0 Å². The monoisotopic (exact) mass is 1110 g/mol. The molecule has 0 bridgehead atoms. The van der Waals surface area contributed by atoms with E-state index in [4.69, 9.17) is 9.47 Å². The van der Waals surface area contributed by atoms with Gasteiger partial charge in [0.1, 0.15) is 11.1 Å². The number of imide groups is 2. The van der Waals surface area contributed by atoms with E-state index in [1.165, 1.54) is 23.6 Å². The standard InChI is InChI=1S/2C27H29F6N3O3/c2*1-3-11-36-22(37)24(35-23(36)38)9-10-25(34-15-24,19-7-5-4-6-8-19)16-39-17(2)18-12-20(26(28,29)30)14-21(13-18)27(31,32)33/h2*4-8,12-14,17,34H,3,9-11,15-16H2,1-2H3,(H,35,38)/t17-,24+,25-;17-,24-,25-/m11/s1. The second-order valence-corrected chi connectivity index (χ2v) is 20.1. The molecule has 12 nitrogen and oxygen atoms in total. The molecular weight excluding hydrogens is 1060 g/mol. The van der Waals surface area contributed by atoms with Crippen molar-refractivity contribution in [2.45, 2.75) is 125 Å². The summed E-state index contributed by atoms with van der Waals surface area (Å²) in [6, 6.07) is 19.9. The third-order valence-electron chi connectivity index (χ3n) is 14.8. The van der Waals surface area contributed by atoms with Crippen molar-refractivity contribution < 1.29 is 81.3 Å². The number of carbonyl (C=O) groups excluding carboxylic acids is 4. The molecule has 0 aliphatic carbocycles. The minimum absolute atomic E-state index is 0.0756. The largest absolute Gasteiger partial charge is 0.416 e. The lowest BCUT2D eigenvalue weighted by atomic mass is 9.76. The molecule has 2 spiro atoms. The Bertz CT molecular complexity index is 2540. The normalized spacial score (nSPS) is 24.8. The number of nitrogens with zero attached hydrogens (tertiary/aromatic N) is 2. The van der Waals surface area contributed by atoms with Crippen molar-refractivity contribution in [2.75, 3.05) is 39.4 Å². The highest BCUT2D eigenvalue weighted by molar-refractivity contribution is 6.08. The molecular formula is C54H58F12N6O6. The molecule has 4 fully saturated rings. The van der Waals surface area contributed by atoms with Crippen molar-refractivity contribution in [3.05, 3.63) is 142 Å². The lowest BCUT2D eigenvalue weighted by Gasteiger charge is -2.45. The first-order valence-electron chi connectivity index (χ1n) is 25.1. The molecule has 0 aromatic heterocycles. The summed E-state index contributed by atoms with van der Waals surface area (Å²) in [5.74, 6) is -0.664. The first kappa shape index (κ1) is 59.4. The fourth-order valence-corrected chi connectivity index (χ4v) is 10.2. The van der Waals surface area contributed by atoms with Crippen molar-refractivity contribution in [2.24, 2.45) is 0 Å². The molecule has 24 heteroatoms. The number of amides is 6. The SMILES string of the molecule is CCCN1C(=O)N[C@@]2(CC[C@@](CO[C@H](C)c3cc(C(F)(F)F)cc(C(F)(F)F)c3)(c3ccccc3)NC2)C1=O.CCCN1C(=O)N[C@]2(CC[C@@](CO[C@H](C)c3cc(C(F)(F)F)cc(C(F)(F)F)c3)(c3ccccc3)NC2)C1=O. The fraction of sp³-hybridized carbons (Fsp3) is 0.481. The molecule has 0 radical (unpaired) electrons. The fourth-order valence-electron chi connectivity index (χ4n) is 10.2. The minimum Gasteiger partial charge on any atom is -0.372 e. The van der Waals surface area contributed by atoms with Crippen LogP contribution in [0.1, 0.15) is 123 Å². The van der Waals surface area contributed by atoms with E-state index in [0.29, 0.717) is 49.9 Å². The van der Waals surface area contributed by atoms with Crippen LogP contribution in [0.5, 0.6) is 0 Å². The van der Waals surface area contributed by atoms with Gasteiger partial charge in [-0.2, -0.15) is 52.7 Å². The third-order valence-corrected chi connectivity index (χ3v) is 14.8. The van der Waals surface area contributed by atoms with Crippen molar-refractivity contribution in [1.82, 2.24) is 31.1 Å². The van der Waals surface area contributed by atoms with Crippen LogP contribution >= 0.6 is 0 Å². The van der Waals surface area contributed by atoms with Gasteiger partial charge in [-0.1, -0.05) is 74.5 Å². The summed E-state index contributed by atoms with van der Waals surface area (Å²) < 4.78 is 172. The van der Waals surface area contributed by atoms with Crippen LogP contribution in [0.2, 0.25) is 0 Å². The number of benzene rings is 4. The Balaban J connectivity index is 0.000000226. The van der Waals surface area contributed by atoms with Crippen LogP contribution in [0.15, 0.2) is 97.1 Å². The number of rotatable bonds is 14. The van der Waals surface area contributed by atoms with Gasteiger partial charge in [0.15, 0.2) is 0 Å². The quantitative estimate of drug-likeness (QED) is 0.0723. The summed E-state index contributed by atoms with van der Waals surface area (Å²) >= 11 is 0. The van der Waals surface area contributed by atoms with Crippen molar-refractivity contribution in [3.8, 4) is 0 Å². The van der Waals surface area contributed by atoms with Gasteiger partial charge < -0.3 is 30.7 Å². The molecule has 4 aliphatic rings. The van der Waals surface area contributed by atoms with Crippen LogP contribution in [0.4, 0.5) is 62.3 Å². The van der Waals surface area contributed by atoms with Crippen molar-refractivity contribution in [3.63, 3.8) is 0 Å². The van der Waals surface area contributed by atoms with E-state index in [-0.39, 0.29) is 87.3 Å². The third kappa shape index (κ3) is 12.6. The van der Waals surface area contributed by atoms with Gasteiger partial charge in [0, 0.05) is 26.2 Å².